The average Bonchev–Trinajstić information content (AvgIpc) is 2.05. The van der Waals surface area contributed by atoms with Gasteiger partial charge in [0.05, 0.1) is 11.9 Å². The van der Waals surface area contributed by atoms with E-state index in [1.807, 2.05) is 6.92 Å². The summed E-state index contributed by atoms with van der Waals surface area (Å²) >= 11 is 0. The van der Waals surface area contributed by atoms with Gasteiger partial charge in [-0.25, -0.2) is 4.98 Å². The molecule has 0 unspecified atom stereocenters. The van der Waals surface area contributed by atoms with Crippen LogP contribution in [0, 0.1) is 0 Å². The largest absolute Gasteiger partial charge is 0.293 e. The van der Waals surface area contributed by atoms with Gasteiger partial charge < -0.3 is 0 Å². The Balaban J connectivity index is 3.01. The van der Waals surface area contributed by atoms with E-state index in [0.717, 1.165) is 12.1 Å². The molecule has 0 aliphatic heterocycles. The fraction of sp³-hybridized carbons (Fsp3) is 0.375. The van der Waals surface area contributed by atoms with Crippen molar-refractivity contribution in [1.82, 2.24) is 9.97 Å². The quantitative estimate of drug-likeness (QED) is 0.596. The standard InChI is InChI=1S/C8H10N2O/c1-3-7-4-9-5-8(10-7)6(2)11/h4-5H,3H2,1-2H3. The van der Waals surface area contributed by atoms with Gasteiger partial charge in [0.25, 0.3) is 0 Å². The van der Waals surface area contributed by atoms with Crippen molar-refractivity contribution in [2.45, 2.75) is 20.3 Å². The van der Waals surface area contributed by atoms with Gasteiger partial charge in [-0.15, -0.1) is 0 Å². The number of aryl methyl sites for hydroxylation is 1. The van der Waals surface area contributed by atoms with Crippen molar-refractivity contribution < 1.29 is 4.79 Å². The Hall–Kier alpha value is -1.25. The van der Waals surface area contributed by atoms with Crippen LogP contribution in [0.4, 0.5) is 0 Å². The van der Waals surface area contributed by atoms with Gasteiger partial charge in [0.1, 0.15) is 5.69 Å². The number of carbonyl (C=O) groups is 1. The molecule has 0 fully saturated rings. The summed E-state index contributed by atoms with van der Waals surface area (Å²) in [6, 6.07) is 0. The highest BCUT2D eigenvalue weighted by molar-refractivity contribution is 5.91. The zero-order chi connectivity index (χ0) is 8.27. The van der Waals surface area contributed by atoms with E-state index in [9.17, 15) is 4.79 Å². The van der Waals surface area contributed by atoms with E-state index in [1.54, 1.807) is 6.20 Å². The number of Topliss-reactive ketones (excluding diaryl/α,β-unsaturated/α-hetero) is 1. The second-order valence-electron chi connectivity index (χ2n) is 2.31. The molecule has 0 spiro atoms. The summed E-state index contributed by atoms with van der Waals surface area (Å²) in [5.41, 5.74) is 1.31. The number of rotatable bonds is 2. The molecule has 1 heterocycles. The molecule has 1 aromatic rings. The van der Waals surface area contributed by atoms with Crippen LogP contribution >= 0.6 is 0 Å². The highest BCUT2D eigenvalue weighted by Crippen LogP contribution is 1.97. The van der Waals surface area contributed by atoms with E-state index >= 15 is 0 Å². The van der Waals surface area contributed by atoms with Crippen molar-refractivity contribution in [2.24, 2.45) is 0 Å². The summed E-state index contributed by atoms with van der Waals surface area (Å²) in [7, 11) is 0. The molecule has 58 valence electrons. The van der Waals surface area contributed by atoms with Crippen LogP contribution in [0.3, 0.4) is 0 Å². The minimum atomic E-state index is -0.0344. The van der Waals surface area contributed by atoms with Crippen LogP contribution < -0.4 is 0 Å². The third kappa shape index (κ3) is 1.83. The van der Waals surface area contributed by atoms with Gasteiger partial charge in [-0.3, -0.25) is 9.78 Å². The van der Waals surface area contributed by atoms with E-state index in [4.69, 9.17) is 0 Å². The van der Waals surface area contributed by atoms with Gasteiger partial charge >= 0.3 is 0 Å². The molecule has 0 bridgehead atoms. The lowest BCUT2D eigenvalue weighted by molar-refractivity contribution is 0.101. The Morgan fingerprint density at radius 1 is 1.55 bits per heavy atom. The Labute approximate surface area is 65.5 Å². The number of nitrogens with zero attached hydrogens (tertiary/aromatic N) is 2. The molecule has 0 N–H and O–H groups in total. The molecular formula is C8H10N2O. The van der Waals surface area contributed by atoms with Crippen LogP contribution in [0.25, 0.3) is 0 Å². The maximum Gasteiger partial charge on any atom is 0.179 e. The number of hydrogen-bond donors (Lipinski definition) is 0. The van der Waals surface area contributed by atoms with Gasteiger partial charge in [-0.05, 0) is 6.42 Å². The Bertz CT molecular complexity index is 271. The first-order chi connectivity index (χ1) is 5.24. The lowest BCUT2D eigenvalue weighted by Crippen LogP contribution is -2.00. The Morgan fingerprint density at radius 3 is 2.82 bits per heavy atom. The van der Waals surface area contributed by atoms with E-state index in [1.165, 1.54) is 13.1 Å². The van der Waals surface area contributed by atoms with Crippen LogP contribution in [0.5, 0.6) is 0 Å². The van der Waals surface area contributed by atoms with Crippen LogP contribution in [-0.4, -0.2) is 15.8 Å². The van der Waals surface area contributed by atoms with E-state index in [2.05, 4.69) is 9.97 Å². The normalized spacial score (nSPS) is 9.64. The average molecular weight is 150 g/mol. The van der Waals surface area contributed by atoms with Crippen LogP contribution in [0.15, 0.2) is 12.4 Å². The molecule has 0 aliphatic carbocycles. The second kappa shape index (κ2) is 3.23. The lowest BCUT2D eigenvalue weighted by atomic mass is 10.3. The molecule has 1 rings (SSSR count). The monoisotopic (exact) mass is 150 g/mol. The summed E-state index contributed by atoms with van der Waals surface area (Å²) in [5, 5.41) is 0. The van der Waals surface area contributed by atoms with Gasteiger partial charge in [0.15, 0.2) is 5.78 Å². The summed E-state index contributed by atoms with van der Waals surface area (Å²) in [6.45, 7) is 3.47. The van der Waals surface area contributed by atoms with Crippen LogP contribution in [-0.2, 0) is 6.42 Å². The number of ketones is 1. The number of carbonyl (C=O) groups excluding carboxylic acids is 1. The zero-order valence-electron chi connectivity index (χ0n) is 6.66. The molecule has 0 atom stereocenters. The van der Waals surface area contributed by atoms with Crippen molar-refractivity contribution in [3.8, 4) is 0 Å². The van der Waals surface area contributed by atoms with Gasteiger partial charge in [-0.1, -0.05) is 6.92 Å². The van der Waals surface area contributed by atoms with Crippen LogP contribution in [0.2, 0.25) is 0 Å². The van der Waals surface area contributed by atoms with Gasteiger partial charge in [0, 0.05) is 13.1 Å². The lowest BCUT2D eigenvalue weighted by Gasteiger charge is -1.96. The van der Waals surface area contributed by atoms with E-state index in [-0.39, 0.29) is 5.78 Å². The second-order valence-corrected chi connectivity index (χ2v) is 2.31. The number of aromatic nitrogens is 2. The van der Waals surface area contributed by atoms with Crippen molar-refractivity contribution in [3.63, 3.8) is 0 Å². The molecule has 0 aliphatic rings. The Morgan fingerprint density at radius 2 is 2.27 bits per heavy atom. The summed E-state index contributed by atoms with van der Waals surface area (Å²) in [5.74, 6) is -0.0344. The maximum absolute atomic E-state index is 10.8. The first-order valence-electron chi connectivity index (χ1n) is 3.56. The molecule has 0 radical (unpaired) electrons. The SMILES string of the molecule is CCc1cncc(C(C)=O)n1. The summed E-state index contributed by atoms with van der Waals surface area (Å²) in [4.78, 5) is 18.8. The van der Waals surface area contributed by atoms with Gasteiger partial charge in [0.2, 0.25) is 0 Å². The molecule has 3 nitrogen and oxygen atoms in total. The molecule has 0 saturated heterocycles. The number of hydrogen-bond acceptors (Lipinski definition) is 3. The summed E-state index contributed by atoms with van der Waals surface area (Å²) in [6.07, 6.45) is 3.97. The van der Waals surface area contributed by atoms with Gasteiger partial charge in [-0.2, -0.15) is 0 Å². The van der Waals surface area contributed by atoms with Crippen molar-refractivity contribution in [1.29, 1.82) is 0 Å². The first-order valence-corrected chi connectivity index (χ1v) is 3.56. The fourth-order valence-corrected chi connectivity index (χ4v) is 0.746. The van der Waals surface area contributed by atoms with Crippen molar-refractivity contribution in [2.75, 3.05) is 0 Å². The smallest absolute Gasteiger partial charge is 0.179 e. The highest BCUT2D eigenvalue weighted by Gasteiger charge is 2.00. The predicted octanol–water partition coefficient (Wildman–Crippen LogP) is 1.24. The summed E-state index contributed by atoms with van der Waals surface area (Å²) < 4.78 is 0. The van der Waals surface area contributed by atoms with Crippen molar-refractivity contribution in [3.05, 3.63) is 23.8 Å². The third-order valence-electron chi connectivity index (χ3n) is 1.41. The maximum atomic E-state index is 10.8. The zero-order valence-corrected chi connectivity index (χ0v) is 6.66. The highest BCUT2D eigenvalue weighted by atomic mass is 16.1. The molecule has 3 heteroatoms. The Kier molecular flexibility index (Phi) is 2.31. The molecular weight excluding hydrogens is 140 g/mol. The van der Waals surface area contributed by atoms with Crippen LogP contribution in [0.1, 0.15) is 30.0 Å². The fourth-order valence-electron chi connectivity index (χ4n) is 0.746. The minimum absolute atomic E-state index is 0.0344. The third-order valence-corrected chi connectivity index (χ3v) is 1.41. The topological polar surface area (TPSA) is 42.9 Å². The molecule has 1 aromatic heterocycles. The van der Waals surface area contributed by atoms with Crippen molar-refractivity contribution >= 4 is 5.78 Å². The van der Waals surface area contributed by atoms with E-state index < -0.39 is 0 Å². The molecule has 0 aromatic carbocycles. The molecule has 11 heavy (non-hydrogen) atoms. The first kappa shape index (κ1) is 7.85. The minimum Gasteiger partial charge on any atom is -0.293 e. The van der Waals surface area contributed by atoms with E-state index in [0.29, 0.717) is 5.69 Å². The molecule has 0 amide bonds. The molecule has 0 saturated carbocycles. The predicted molar refractivity (Wildman–Crippen MR) is 41.4 cm³/mol.